The lowest BCUT2D eigenvalue weighted by molar-refractivity contribution is -0.136. The van der Waals surface area contributed by atoms with Crippen LogP contribution in [0.1, 0.15) is 36.5 Å². The summed E-state index contributed by atoms with van der Waals surface area (Å²) in [5, 5.41) is 3.43. The quantitative estimate of drug-likeness (QED) is 0.174. The SMILES string of the molecule is CCCCc1cc(=O)oc2cc(OC(=O)C(Cc3ccccc3)NC(=O)OCc3ccccc3)ccc12. The highest BCUT2D eigenvalue weighted by Crippen LogP contribution is 2.24. The second-order valence-corrected chi connectivity index (χ2v) is 8.72. The molecule has 37 heavy (non-hydrogen) atoms. The normalized spacial score (nSPS) is 11.6. The highest BCUT2D eigenvalue weighted by molar-refractivity contribution is 5.85. The van der Waals surface area contributed by atoms with Gasteiger partial charge in [-0.1, -0.05) is 74.0 Å². The standard InChI is InChI=1S/C30H29NO6/c1-2-3-14-23-18-28(32)37-27-19-24(15-16-25(23)27)36-29(33)26(17-21-10-6-4-7-11-21)31-30(34)35-20-22-12-8-5-9-13-22/h4-13,15-16,18-19,26H,2-3,14,17,20H2,1H3,(H,31,34). The van der Waals surface area contributed by atoms with Crippen molar-refractivity contribution in [1.29, 1.82) is 0 Å². The maximum atomic E-state index is 13.2. The van der Waals surface area contributed by atoms with Gasteiger partial charge in [0.15, 0.2) is 0 Å². The highest BCUT2D eigenvalue weighted by atomic mass is 16.6. The topological polar surface area (TPSA) is 94.8 Å². The van der Waals surface area contributed by atoms with E-state index < -0.39 is 23.7 Å². The Labute approximate surface area is 215 Å². The molecule has 0 radical (unpaired) electrons. The van der Waals surface area contributed by atoms with E-state index in [0.717, 1.165) is 41.3 Å². The summed E-state index contributed by atoms with van der Waals surface area (Å²) in [5.41, 5.74) is 2.47. The first kappa shape index (κ1) is 25.7. The average Bonchev–Trinajstić information content (AvgIpc) is 2.91. The smallest absolute Gasteiger partial charge is 0.408 e. The fourth-order valence-corrected chi connectivity index (χ4v) is 3.99. The molecule has 0 saturated heterocycles. The molecular formula is C30H29NO6. The molecule has 4 rings (SSSR count). The van der Waals surface area contributed by atoms with Crippen molar-refractivity contribution in [2.45, 2.75) is 45.3 Å². The van der Waals surface area contributed by atoms with Gasteiger partial charge in [0.25, 0.3) is 0 Å². The van der Waals surface area contributed by atoms with Crippen molar-refractivity contribution >= 4 is 23.0 Å². The minimum atomic E-state index is -0.996. The number of alkyl carbamates (subject to hydrolysis) is 1. The zero-order valence-electron chi connectivity index (χ0n) is 20.6. The molecule has 1 unspecified atom stereocenters. The summed E-state index contributed by atoms with van der Waals surface area (Å²) in [6.45, 7) is 2.16. The van der Waals surface area contributed by atoms with Crippen molar-refractivity contribution in [3.8, 4) is 5.75 Å². The number of carbonyl (C=O) groups excluding carboxylic acids is 2. The van der Waals surface area contributed by atoms with Crippen LogP contribution in [0.4, 0.5) is 4.79 Å². The lowest BCUT2D eigenvalue weighted by Crippen LogP contribution is -2.44. The van der Waals surface area contributed by atoms with Crippen molar-refractivity contribution in [3.63, 3.8) is 0 Å². The number of carbonyl (C=O) groups is 2. The number of unbranched alkanes of at least 4 members (excludes halogenated alkanes) is 1. The van der Waals surface area contributed by atoms with E-state index in [1.807, 2.05) is 60.7 Å². The first-order valence-electron chi connectivity index (χ1n) is 12.3. The van der Waals surface area contributed by atoms with Crippen LogP contribution in [0.2, 0.25) is 0 Å². The third-order valence-electron chi connectivity index (χ3n) is 5.89. The summed E-state index contributed by atoms with van der Waals surface area (Å²) < 4.78 is 16.3. The summed E-state index contributed by atoms with van der Waals surface area (Å²) in [7, 11) is 0. The Morgan fingerprint density at radius 2 is 1.62 bits per heavy atom. The summed E-state index contributed by atoms with van der Waals surface area (Å²) in [6.07, 6.45) is 2.19. The minimum absolute atomic E-state index is 0.0733. The number of esters is 1. The van der Waals surface area contributed by atoms with E-state index in [-0.39, 0.29) is 18.8 Å². The Morgan fingerprint density at radius 3 is 2.32 bits per heavy atom. The Hall–Kier alpha value is -4.39. The molecule has 1 aromatic heterocycles. The van der Waals surface area contributed by atoms with Crippen molar-refractivity contribution in [3.05, 3.63) is 112 Å². The van der Waals surface area contributed by atoms with E-state index in [1.54, 1.807) is 12.1 Å². The van der Waals surface area contributed by atoms with Gasteiger partial charge in [0.1, 0.15) is 24.0 Å². The van der Waals surface area contributed by atoms with Crippen LogP contribution < -0.4 is 15.7 Å². The van der Waals surface area contributed by atoms with Crippen molar-refractivity contribution in [1.82, 2.24) is 5.32 Å². The molecule has 1 N–H and O–H groups in total. The van der Waals surface area contributed by atoms with Gasteiger partial charge in [-0.05, 0) is 41.7 Å². The Bertz CT molecular complexity index is 1400. The third kappa shape index (κ3) is 7.30. The summed E-state index contributed by atoms with van der Waals surface area (Å²) >= 11 is 0. The molecule has 0 spiro atoms. The Kier molecular flexibility index (Phi) is 8.70. The van der Waals surface area contributed by atoms with Gasteiger partial charge in [0.2, 0.25) is 0 Å². The molecule has 3 aromatic carbocycles. The van der Waals surface area contributed by atoms with Gasteiger partial charge in [-0.2, -0.15) is 0 Å². The van der Waals surface area contributed by atoms with Crippen LogP contribution in [0, 0.1) is 0 Å². The van der Waals surface area contributed by atoms with Gasteiger partial charge in [0, 0.05) is 23.9 Å². The van der Waals surface area contributed by atoms with Crippen LogP contribution in [0.25, 0.3) is 11.0 Å². The van der Waals surface area contributed by atoms with Crippen LogP contribution in [-0.4, -0.2) is 18.1 Å². The first-order chi connectivity index (χ1) is 18.0. The minimum Gasteiger partial charge on any atom is -0.445 e. The predicted octanol–water partition coefficient (Wildman–Crippen LogP) is 5.58. The van der Waals surface area contributed by atoms with E-state index in [1.165, 1.54) is 12.1 Å². The molecule has 1 atom stereocenters. The molecule has 0 aliphatic heterocycles. The monoisotopic (exact) mass is 499 g/mol. The molecule has 0 fully saturated rings. The van der Waals surface area contributed by atoms with Gasteiger partial charge in [-0.25, -0.2) is 14.4 Å². The fourth-order valence-electron chi connectivity index (χ4n) is 3.99. The van der Waals surface area contributed by atoms with Crippen LogP contribution in [-0.2, 0) is 29.0 Å². The zero-order chi connectivity index (χ0) is 26.0. The third-order valence-corrected chi connectivity index (χ3v) is 5.89. The Balaban J connectivity index is 1.50. The number of hydrogen-bond acceptors (Lipinski definition) is 6. The van der Waals surface area contributed by atoms with Gasteiger partial charge in [-0.15, -0.1) is 0 Å². The zero-order valence-corrected chi connectivity index (χ0v) is 20.6. The van der Waals surface area contributed by atoms with E-state index in [9.17, 15) is 14.4 Å². The van der Waals surface area contributed by atoms with Gasteiger partial charge in [-0.3, -0.25) is 0 Å². The number of fused-ring (bicyclic) bond motifs is 1. The number of benzene rings is 3. The number of amides is 1. The molecule has 7 heteroatoms. The molecule has 4 aromatic rings. The second-order valence-electron chi connectivity index (χ2n) is 8.72. The number of rotatable bonds is 10. The molecule has 190 valence electrons. The van der Waals surface area contributed by atoms with E-state index >= 15 is 0 Å². The first-order valence-corrected chi connectivity index (χ1v) is 12.3. The van der Waals surface area contributed by atoms with Crippen molar-refractivity contribution < 1.29 is 23.5 Å². The number of hydrogen-bond donors (Lipinski definition) is 1. The summed E-state index contributed by atoms with van der Waals surface area (Å²) in [6, 6.07) is 24.0. The maximum absolute atomic E-state index is 13.2. The summed E-state index contributed by atoms with van der Waals surface area (Å²) in [4.78, 5) is 37.7. The van der Waals surface area contributed by atoms with Gasteiger partial charge >= 0.3 is 17.7 Å². The Morgan fingerprint density at radius 1 is 0.919 bits per heavy atom. The van der Waals surface area contributed by atoms with Gasteiger partial charge in [0.05, 0.1) is 0 Å². The van der Waals surface area contributed by atoms with Crippen LogP contribution in [0.5, 0.6) is 5.75 Å². The van der Waals surface area contributed by atoms with E-state index in [2.05, 4.69) is 12.2 Å². The highest BCUT2D eigenvalue weighted by Gasteiger charge is 2.24. The summed E-state index contributed by atoms with van der Waals surface area (Å²) in [5.74, 6) is -0.449. The lowest BCUT2D eigenvalue weighted by atomic mass is 10.0. The van der Waals surface area contributed by atoms with Crippen LogP contribution in [0.3, 0.4) is 0 Å². The molecule has 1 amide bonds. The van der Waals surface area contributed by atoms with Gasteiger partial charge < -0.3 is 19.2 Å². The average molecular weight is 500 g/mol. The largest absolute Gasteiger partial charge is 0.445 e. The van der Waals surface area contributed by atoms with E-state index in [4.69, 9.17) is 13.9 Å². The lowest BCUT2D eigenvalue weighted by Gasteiger charge is -2.18. The molecule has 0 aliphatic rings. The molecular weight excluding hydrogens is 470 g/mol. The molecule has 7 nitrogen and oxygen atoms in total. The molecule has 0 bridgehead atoms. The van der Waals surface area contributed by atoms with Crippen LogP contribution >= 0.6 is 0 Å². The molecule has 0 aliphatic carbocycles. The molecule has 0 saturated carbocycles. The fraction of sp³-hybridized carbons (Fsp3) is 0.233. The predicted molar refractivity (Wildman–Crippen MR) is 140 cm³/mol. The second kappa shape index (κ2) is 12.5. The number of ether oxygens (including phenoxy) is 2. The number of aryl methyl sites for hydroxylation is 1. The van der Waals surface area contributed by atoms with Crippen LogP contribution in [0.15, 0.2) is 94.1 Å². The van der Waals surface area contributed by atoms with Crippen molar-refractivity contribution in [2.75, 3.05) is 0 Å². The van der Waals surface area contributed by atoms with Crippen molar-refractivity contribution in [2.24, 2.45) is 0 Å². The maximum Gasteiger partial charge on any atom is 0.408 e. The van der Waals surface area contributed by atoms with E-state index in [0.29, 0.717) is 5.58 Å². The molecule has 1 heterocycles. The number of nitrogens with one attached hydrogen (secondary N) is 1.